The smallest absolute Gasteiger partial charge is 0.326 e. The largest absolute Gasteiger partial charge is 0.480 e. The second kappa shape index (κ2) is 5.83. The highest BCUT2D eigenvalue weighted by Crippen LogP contribution is 2.11. The summed E-state index contributed by atoms with van der Waals surface area (Å²) in [6.45, 7) is 1.63. The van der Waals surface area contributed by atoms with Crippen LogP contribution in [-0.2, 0) is 14.6 Å². The number of nitrogens with one attached hydrogen (secondary N) is 1. The molecule has 7 heteroatoms. The zero-order chi connectivity index (χ0) is 14.6. The summed E-state index contributed by atoms with van der Waals surface area (Å²) in [5.74, 6) is -1.74. The number of hydrogen-bond donors (Lipinski definition) is 2. The quantitative estimate of drug-likeness (QED) is 0.828. The van der Waals surface area contributed by atoms with Gasteiger partial charge in [0.1, 0.15) is 6.04 Å². The van der Waals surface area contributed by atoms with E-state index in [9.17, 15) is 18.0 Å². The van der Waals surface area contributed by atoms with E-state index >= 15 is 0 Å². The molecule has 0 aromatic heterocycles. The van der Waals surface area contributed by atoms with E-state index in [4.69, 9.17) is 5.11 Å². The van der Waals surface area contributed by atoms with Crippen LogP contribution in [0.2, 0.25) is 0 Å². The first-order valence-corrected chi connectivity index (χ1v) is 7.48. The molecule has 19 heavy (non-hydrogen) atoms. The molecule has 0 heterocycles. The normalized spacial score (nSPS) is 12.7. The van der Waals surface area contributed by atoms with Gasteiger partial charge < -0.3 is 10.4 Å². The second-order valence-corrected chi connectivity index (χ2v) is 6.09. The third-order valence-corrected chi connectivity index (χ3v) is 3.65. The zero-order valence-corrected chi connectivity index (χ0v) is 11.4. The van der Waals surface area contributed by atoms with E-state index in [-0.39, 0.29) is 16.9 Å². The summed E-state index contributed by atoms with van der Waals surface area (Å²) < 4.78 is 22.7. The maximum atomic E-state index is 11.8. The van der Waals surface area contributed by atoms with Gasteiger partial charge in [-0.1, -0.05) is 13.0 Å². The summed E-state index contributed by atoms with van der Waals surface area (Å²) in [7, 11) is -3.41. The van der Waals surface area contributed by atoms with E-state index in [1.807, 2.05) is 0 Å². The highest BCUT2D eigenvalue weighted by atomic mass is 32.2. The molecule has 0 saturated carbocycles. The molecule has 0 aliphatic rings. The Morgan fingerprint density at radius 2 is 2.00 bits per heavy atom. The van der Waals surface area contributed by atoms with Crippen molar-refractivity contribution < 1.29 is 23.1 Å². The lowest BCUT2D eigenvalue weighted by molar-refractivity contribution is -0.139. The molecular weight excluding hydrogens is 270 g/mol. The van der Waals surface area contributed by atoms with Crippen LogP contribution in [0, 0.1) is 0 Å². The fraction of sp³-hybridized carbons (Fsp3) is 0.333. The summed E-state index contributed by atoms with van der Waals surface area (Å²) in [6, 6.07) is 4.47. The van der Waals surface area contributed by atoms with Gasteiger partial charge in [0.2, 0.25) is 0 Å². The van der Waals surface area contributed by atoms with Crippen LogP contribution in [-0.4, -0.2) is 37.7 Å². The van der Waals surface area contributed by atoms with Crippen molar-refractivity contribution in [3.8, 4) is 0 Å². The number of hydrogen-bond acceptors (Lipinski definition) is 4. The number of amides is 1. The molecule has 0 saturated heterocycles. The summed E-state index contributed by atoms with van der Waals surface area (Å²) in [4.78, 5) is 22.7. The number of carboxylic acid groups (broad SMARTS) is 1. The summed E-state index contributed by atoms with van der Waals surface area (Å²) in [5.41, 5.74) is 0.114. The van der Waals surface area contributed by atoms with E-state index in [1.54, 1.807) is 6.92 Å². The molecule has 0 spiro atoms. The molecule has 0 radical (unpaired) electrons. The maximum absolute atomic E-state index is 11.8. The Morgan fingerprint density at radius 1 is 1.37 bits per heavy atom. The average Bonchev–Trinajstić information content (AvgIpc) is 2.34. The maximum Gasteiger partial charge on any atom is 0.326 e. The van der Waals surface area contributed by atoms with Gasteiger partial charge in [0.25, 0.3) is 5.91 Å². The topological polar surface area (TPSA) is 101 Å². The molecule has 2 N–H and O–H groups in total. The SMILES string of the molecule is CC[C@H](NC(=O)c1cccc(S(C)(=O)=O)c1)C(=O)O. The van der Waals surface area contributed by atoms with Crippen LogP contribution in [0.25, 0.3) is 0 Å². The van der Waals surface area contributed by atoms with Crippen LogP contribution in [0.5, 0.6) is 0 Å². The predicted octanol–water partition coefficient (Wildman–Crippen LogP) is 0.683. The van der Waals surface area contributed by atoms with Crippen LogP contribution < -0.4 is 5.32 Å². The van der Waals surface area contributed by atoms with Gasteiger partial charge in [0.05, 0.1) is 4.90 Å². The van der Waals surface area contributed by atoms with E-state index < -0.39 is 27.8 Å². The van der Waals surface area contributed by atoms with E-state index in [0.717, 1.165) is 6.26 Å². The minimum Gasteiger partial charge on any atom is -0.480 e. The Kier molecular flexibility index (Phi) is 4.66. The summed E-state index contributed by atoms with van der Waals surface area (Å²) >= 11 is 0. The number of aliphatic carboxylic acids is 1. The van der Waals surface area contributed by atoms with Crippen molar-refractivity contribution >= 4 is 21.7 Å². The van der Waals surface area contributed by atoms with Gasteiger partial charge in [0, 0.05) is 11.8 Å². The number of benzene rings is 1. The number of sulfone groups is 1. The molecule has 1 amide bonds. The van der Waals surface area contributed by atoms with Crippen LogP contribution >= 0.6 is 0 Å². The number of carbonyl (C=O) groups is 2. The molecule has 0 aliphatic heterocycles. The first-order chi connectivity index (χ1) is 8.75. The standard InChI is InChI=1S/C12H15NO5S/c1-3-10(12(15)16)13-11(14)8-5-4-6-9(7-8)19(2,17)18/h4-7,10H,3H2,1-2H3,(H,13,14)(H,15,16)/t10-/m0/s1. The minimum absolute atomic E-state index is 0.0172. The predicted molar refractivity (Wildman–Crippen MR) is 68.7 cm³/mol. The fourth-order valence-electron chi connectivity index (χ4n) is 1.45. The molecule has 1 aromatic rings. The highest BCUT2D eigenvalue weighted by Gasteiger charge is 2.19. The van der Waals surface area contributed by atoms with Crippen LogP contribution in [0.15, 0.2) is 29.2 Å². The van der Waals surface area contributed by atoms with Crippen molar-refractivity contribution in [1.82, 2.24) is 5.32 Å². The van der Waals surface area contributed by atoms with Crippen molar-refractivity contribution in [2.45, 2.75) is 24.3 Å². The van der Waals surface area contributed by atoms with Gasteiger partial charge in [-0.15, -0.1) is 0 Å². The zero-order valence-electron chi connectivity index (χ0n) is 10.6. The lowest BCUT2D eigenvalue weighted by Gasteiger charge is -2.12. The Labute approximate surface area is 111 Å². The molecule has 104 valence electrons. The van der Waals surface area contributed by atoms with Crippen LogP contribution in [0.1, 0.15) is 23.7 Å². The van der Waals surface area contributed by atoms with Crippen LogP contribution in [0.4, 0.5) is 0 Å². The number of carboxylic acids is 1. The lowest BCUT2D eigenvalue weighted by Crippen LogP contribution is -2.40. The van der Waals surface area contributed by atoms with Gasteiger partial charge >= 0.3 is 5.97 Å². The van der Waals surface area contributed by atoms with Crippen molar-refractivity contribution in [1.29, 1.82) is 0 Å². The molecular formula is C12H15NO5S. The molecule has 0 fully saturated rings. The van der Waals surface area contributed by atoms with E-state index in [2.05, 4.69) is 5.32 Å². The number of rotatable bonds is 5. The van der Waals surface area contributed by atoms with Crippen molar-refractivity contribution in [2.75, 3.05) is 6.26 Å². The Morgan fingerprint density at radius 3 is 2.47 bits per heavy atom. The van der Waals surface area contributed by atoms with Crippen LogP contribution in [0.3, 0.4) is 0 Å². The molecule has 0 aliphatic carbocycles. The molecule has 6 nitrogen and oxygen atoms in total. The molecule has 0 unspecified atom stereocenters. The third-order valence-electron chi connectivity index (χ3n) is 2.54. The average molecular weight is 285 g/mol. The molecule has 1 aromatic carbocycles. The first kappa shape index (κ1) is 15.2. The van der Waals surface area contributed by atoms with Crippen molar-refractivity contribution in [3.05, 3.63) is 29.8 Å². The van der Waals surface area contributed by atoms with Gasteiger partial charge in [-0.25, -0.2) is 13.2 Å². The summed E-state index contributed by atoms with van der Waals surface area (Å²) in [5, 5.41) is 11.2. The number of carbonyl (C=O) groups excluding carboxylic acids is 1. The first-order valence-electron chi connectivity index (χ1n) is 5.59. The Hall–Kier alpha value is -1.89. The third kappa shape index (κ3) is 4.06. The Bertz CT molecular complexity index is 594. The van der Waals surface area contributed by atoms with Gasteiger partial charge in [-0.3, -0.25) is 4.79 Å². The molecule has 0 bridgehead atoms. The van der Waals surface area contributed by atoms with Crippen molar-refractivity contribution in [3.63, 3.8) is 0 Å². The molecule has 1 rings (SSSR count). The fourth-order valence-corrected chi connectivity index (χ4v) is 2.11. The van der Waals surface area contributed by atoms with Gasteiger partial charge in [0.15, 0.2) is 9.84 Å². The monoisotopic (exact) mass is 285 g/mol. The van der Waals surface area contributed by atoms with E-state index in [1.165, 1.54) is 24.3 Å². The second-order valence-electron chi connectivity index (χ2n) is 4.07. The highest BCUT2D eigenvalue weighted by molar-refractivity contribution is 7.90. The summed E-state index contributed by atoms with van der Waals surface area (Å²) in [6.07, 6.45) is 1.28. The van der Waals surface area contributed by atoms with Gasteiger partial charge in [-0.2, -0.15) is 0 Å². The lowest BCUT2D eigenvalue weighted by atomic mass is 10.1. The molecule has 1 atom stereocenters. The van der Waals surface area contributed by atoms with E-state index in [0.29, 0.717) is 0 Å². The minimum atomic E-state index is -3.41. The Balaban J connectivity index is 2.98. The van der Waals surface area contributed by atoms with Crippen molar-refractivity contribution in [2.24, 2.45) is 0 Å². The van der Waals surface area contributed by atoms with Gasteiger partial charge in [-0.05, 0) is 24.6 Å².